The van der Waals surface area contributed by atoms with Crippen molar-refractivity contribution >= 4 is 5.78 Å². The van der Waals surface area contributed by atoms with Crippen LogP contribution in [0.5, 0.6) is 0 Å². The largest absolute Gasteiger partial charge is 0.392 e. The van der Waals surface area contributed by atoms with Crippen molar-refractivity contribution in [3.05, 3.63) is 35.2 Å². The predicted octanol–water partition coefficient (Wildman–Crippen LogP) is 1.61. The van der Waals surface area contributed by atoms with Crippen LogP contribution in [0.4, 0.5) is 0 Å². The highest BCUT2D eigenvalue weighted by Crippen LogP contribution is 2.73. The minimum absolute atomic E-state index is 0.0155. The van der Waals surface area contributed by atoms with Crippen LogP contribution in [0.15, 0.2) is 35.2 Å². The molecule has 4 saturated carbocycles. The van der Waals surface area contributed by atoms with Crippen molar-refractivity contribution in [1.29, 1.82) is 0 Å². The third-order valence-corrected chi connectivity index (χ3v) is 15.3. The molecule has 11 heteroatoms. The molecule has 0 radical (unpaired) electrons. The SMILES string of the molecule is C[C@@H]1[C@H]([C@@H](O)[C@](C)(O)[C@H]2CC[C@@]3(O)C4=C(NC[C@H](C)O)C(=O)[C@@H]5[C@H]6CC[C@H](CC7=CNC(N)C=C7)[C@@]5(C[C@H](O)[C@@H]6O)[C@H]4CC[C@]23C)OC[C@H]1C. The Hall–Kier alpha value is -1.83. The van der Waals surface area contributed by atoms with E-state index in [1.54, 1.807) is 13.8 Å². The number of rotatable bonds is 8. The molecule has 5 fully saturated rings. The van der Waals surface area contributed by atoms with Gasteiger partial charge in [-0.2, -0.15) is 0 Å². The molecule has 5 aliphatic carbocycles. The number of nitrogens with two attached hydrogens (primary N) is 1. The number of carbonyl (C=O) groups excluding carboxylic acids is 1. The molecule has 280 valence electrons. The molecule has 0 aromatic rings. The number of hydrogen-bond donors (Lipinski definition) is 9. The number of dihydropyridines is 1. The van der Waals surface area contributed by atoms with Gasteiger partial charge in [-0.1, -0.05) is 26.8 Å². The van der Waals surface area contributed by atoms with E-state index in [2.05, 4.69) is 17.6 Å². The summed E-state index contributed by atoms with van der Waals surface area (Å²) < 4.78 is 6.03. The molecule has 0 aromatic heterocycles. The van der Waals surface area contributed by atoms with Crippen LogP contribution in [0.3, 0.4) is 0 Å². The quantitative estimate of drug-likeness (QED) is 0.179. The van der Waals surface area contributed by atoms with Crippen LogP contribution in [0, 0.1) is 52.3 Å². The van der Waals surface area contributed by atoms with E-state index in [1.165, 1.54) is 0 Å². The Kier molecular flexibility index (Phi) is 9.24. The number of fused-ring (bicyclic) bond motifs is 3. The Morgan fingerprint density at radius 2 is 1.90 bits per heavy atom. The summed E-state index contributed by atoms with van der Waals surface area (Å²) in [5.41, 5.74) is 3.35. The zero-order chi connectivity index (χ0) is 36.1. The maximum atomic E-state index is 15.2. The first-order valence-electron chi connectivity index (χ1n) is 19.2. The first-order chi connectivity index (χ1) is 23.5. The molecule has 0 spiro atoms. The standard InChI is InChI=1S/C39H61N3O8/c1-19-18-50-34(21(19)3)35(47)37(5,48)27-11-13-39(49)30-25(10-12-36(27,39)4)38-15-26(44)32(45)24(29(38)33(46)31(30)42-16-20(2)43)8-7-23(38)14-22-6-9-28(40)41-17-22/h6,9,17,19-21,23-29,32,34-35,41-45,47-49H,7-8,10-16,18,40H2,1-5H3/t19-,20+,21+,23-,24-,25+,26+,27+,28?,29+,32-,34-,35-,36-,37-,38+,39-/m1/s1. The van der Waals surface area contributed by atoms with Gasteiger partial charge < -0.3 is 51.7 Å². The van der Waals surface area contributed by atoms with Gasteiger partial charge in [0.2, 0.25) is 0 Å². The van der Waals surface area contributed by atoms with Gasteiger partial charge in [0.15, 0.2) is 5.78 Å². The monoisotopic (exact) mass is 699 g/mol. The van der Waals surface area contributed by atoms with Crippen LogP contribution in [0.25, 0.3) is 0 Å². The van der Waals surface area contributed by atoms with Gasteiger partial charge in [-0.3, -0.25) is 4.79 Å². The Balaban J connectivity index is 1.34. The topological polar surface area (TPSA) is 198 Å². The van der Waals surface area contributed by atoms with Gasteiger partial charge in [0.05, 0.1) is 47.5 Å². The van der Waals surface area contributed by atoms with Crippen molar-refractivity contribution < 1.29 is 40.2 Å². The molecular formula is C39H61N3O8. The normalized spacial score (nSPS) is 49.2. The van der Waals surface area contributed by atoms with Crippen molar-refractivity contribution in [3.8, 4) is 0 Å². The predicted molar refractivity (Wildman–Crippen MR) is 187 cm³/mol. The van der Waals surface area contributed by atoms with Gasteiger partial charge in [-0.25, -0.2) is 0 Å². The molecule has 10 N–H and O–H groups in total. The lowest BCUT2D eigenvalue weighted by atomic mass is 9.37. The fraction of sp³-hybridized carbons (Fsp3) is 0.821. The molecule has 1 unspecified atom stereocenters. The maximum Gasteiger partial charge on any atom is 0.182 e. The second kappa shape index (κ2) is 12.6. The first kappa shape index (κ1) is 36.5. The van der Waals surface area contributed by atoms with E-state index < -0.39 is 70.3 Å². The molecule has 7 aliphatic rings. The van der Waals surface area contributed by atoms with Gasteiger partial charge in [0, 0.05) is 30.7 Å². The number of carbonyl (C=O) groups is 1. The van der Waals surface area contributed by atoms with Gasteiger partial charge in [0.25, 0.3) is 0 Å². The number of hydrogen-bond acceptors (Lipinski definition) is 11. The molecule has 2 bridgehead atoms. The summed E-state index contributed by atoms with van der Waals surface area (Å²) in [4.78, 5) is 15.2. The summed E-state index contributed by atoms with van der Waals surface area (Å²) in [5.74, 6) is -1.66. The van der Waals surface area contributed by atoms with Gasteiger partial charge in [-0.05, 0) is 123 Å². The van der Waals surface area contributed by atoms with Crippen molar-refractivity contribution in [1.82, 2.24) is 10.6 Å². The van der Waals surface area contributed by atoms with Crippen LogP contribution < -0.4 is 16.4 Å². The lowest BCUT2D eigenvalue weighted by Crippen LogP contribution is -2.70. The molecular weight excluding hydrogens is 638 g/mol. The summed E-state index contributed by atoms with van der Waals surface area (Å²) in [6.07, 6.45) is 5.27. The Morgan fingerprint density at radius 1 is 1.16 bits per heavy atom. The average molecular weight is 700 g/mol. The fourth-order valence-corrected chi connectivity index (χ4v) is 12.6. The number of ether oxygens (including phenoxy) is 1. The van der Waals surface area contributed by atoms with Crippen LogP contribution in [-0.2, 0) is 9.53 Å². The van der Waals surface area contributed by atoms with E-state index in [-0.39, 0.29) is 48.6 Å². The minimum atomic E-state index is -1.58. The van der Waals surface area contributed by atoms with Gasteiger partial charge in [0.1, 0.15) is 6.10 Å². The number of ketones is 1. The maximum absolute atomic E-state index is 15.2. The van der Waals surface area contributed by atoms with E-state index in [0.29, 0.717) is 56.4 Å². The number of Topliss-reactive ketones (excluding diaryl/α,β-unsaturated/α-hetero) is 1. The fourth-order valence-electron chi connectivity index (χ4n) is 12.6. The van der Waals surface area contributed by atoms with E-state index in [1.807, 2.05) is 32.2 Å². The van der Waals surface area contributed by atoms with E-state index in [4.69, 9.17) is 10.5 Å². The number of aliphatic hydroxyl groups is 6. The van der Waals surface area contributed by atoms with Crippen LogP contribution in [-0.4, -0.2) is 97.5 Å². The highest BCUT2D eigenvalue weighted by Gasteiger charge is 2.74. The lowest BCUT2D eigenvalue weighted by molar-refractivity contribution is -0.216. The second-order valence-electron chi connectivity index (χ2n) is 17.9. The minimum Gasteiger partial charge on any atom is -0.392 e. The smallest absolute Gasteiger partial charge is 0.182 e. The van der Waals surface area contributed by atoms with E-state index in [9.17, 15) is 30.6 Å². The molecule has 0 amide bonds. The molecule has 2 heterocycles. The summed E-state index contributed by atoms with van der Waals surface area (Å²) in [6.45, 7) is 10.1. The summed E-state index contributed by atoms with van der Waals surface area (Å²) >= 11 is 0. The molecule has 2 aliphatic heterocycles. The van der Waals surface area contributed by atoms with Crippen molar-refractivity contribution in [2.45, 2.75) is 134 Å². The zero-order valence-corrected chi connectivity index (χ0v) is 30.4. The highest BCUT2D eigenvalue weighted by atomic mass is 16.5. The average Bonchev–Trinajstić information content (AvgIpc) is 3.55. The number of aliphatic hydroxyl groups excluding tert-OH is 4. The lowest BCUT2D eigenvalue weighted by Gasteiger charge is -2.67. The number of nitrogens with one attached hydrogen (secondary N) is 2. The van der Waals surface area contributed by atoms with Crippen LogP contribution >= 0.6 is 0 Å². The zero-order valence-electron chi connectivity index (χ0n) is 30.4. The summed E-state index contributed by atoms with van der Waals surface area (Å²) in [6, 6.07) is 0. The van der Waals surface area contributed by atoms with Crippen molar-refractivity contribution in [2.75, 3.05) is 13.2 Å². The molecule has 11 nitrogen and oxygen atoms in total. The van der Waals surface area contributed by atoms with Gasteiger partial charge >= 0.3 is 0 Å². The van der Waals surface area contributed by atoms with Crippen LogP contribution in [0.1, 0.15) is 86.0 Å². The van der Waals surface area contributed by atoms with Crippen molar-refractivity contribution in [3.63, 3.8) is 0 Å². The highest BCUT2D eigenvalue weighted by molar-refractivity contribution is 6.00. The summed E-state index contributed by atoms with van der Waals surface area (Å²) in [5, 5.41) is 77.3. The van der Waals surface area contributed by atoms with Gasteiger partial charge in [-0.15, -0.1) is 0 Å². The Bertz CT molecular complexity index is 1450. The molecule has 17 atom stereocenters. The van der Waals surface area contributed by atoms with Crippen LogP contribution in [0.2, 0.25) is 0 Å². The molecule has 1 saturated heterocycles. The Morgan fingerprint density at radius 3 is 2.54 bits per heavy atom. The van der Waals surface area contributed by atoms with E-state index >= 15 is 4.79 Å². The number of allylic oxidation sites excluding steroid dienone is 3. The third kappa shape index (κ3) is 5.16. The summed E-state index contributed by atoms with van der Waals surface area (Å²) in [7, 11) is 0. The molecule has 50 heavy (non-hydrogen) atoms. The second-order valence-corrected chi connectivity index (χ2v) is 17.9. The molecule has 0 aromatic carbocycles. The first-order valence-corrected chi connectivity index (χ1v) is 19.2. The van der Waals surface area contributed by atoms with Crippen molar-refractivity contribution in [2.24, 2.45) is 58.0 Å². The molecule has 7 rings (SSSR count). The Labute approximate surface area is 296 Å². The third-order valence-electron chi connectivity index (χ3n) is 15.3. The van der Waals surface area contributed by atoms with E-state index in [0.717, 1.165) is 12.0 Å².